The molecule has 0 aliphatic heterocycles. The summed E-state index contributed by atoms with van der Waals surface area (Å²) in [5, 5.41) is 8.56. The van der Waals surface area contributed by atoms with Gasteiger partial charge < -0.3 is 5.73 Å². The van der Waals surface area contributed by atoms with Crippen LogP contribution < -0.4 is 5.73 Å². The number of hydrogen-bond donors (Lipinski definition) is 1. The van der Waals surface area contributed by atoms with Crippen LogP contribution in [0.15, 0.2) is 32.9 Å². The van der Waals surface area contributed by atoms with Gasteiger partial charge in [-0.05, 0) is 31.2 Å². The van der Waals surface area contributed by atoms with E-state index in [1.165, 1.54) is 11.1 Å². The van der Waals surface area contributed by atoms with Gasteiger partial charge in [-0.25, -0.2) is 0 Å². The topological polar surface area (TPSA) is 51.8 Å². The summed E-state index contributed by atoms with van der Waals surface area (Å²) in [7, 11) is 0. The standard InChI is InChI=1S/C13H17N3S3/c1-8-6-4-5-7-10(8)11(9(2)14)18-13-16-15-12(17-3)19-13/h4-7,9,11H,14H2,1-3H3. The van der Waals surface area contributed by atoms with E-state index in [4.69, 9.17) is 5.73 Å². The molecule has 0 aliphatic carbocycles. The summed E-state index contributed by atoms with van der Waals surface area (Å²) < 4.78 is 1.98. The molecule has 0 amide bonds. The van der Waals surface area contributed by atoms with Gasteiger partial charge in [-0.15, -0.1) is 10.2 Å². The predicted molar refractivity (Wildman–Crippen MR) is 85.1 cm³/mol. The van der Waals surface area contributed by atoms with E-state index in [0.29, 0.717) is 0 Å². The molecule has 6 heteroatoms. The fourth-order valence-corrected chi connectivity index (χ4v) is 4.61. The third-order valence-electron chi connectivity index (χ3n) is 2.76. The second-order valence-electron chi connectivity index (χ2n) is 4.29. The molecular formula is C13H17N3S3. The van der Waals surface area contributed by atoms with E-state index in [1.54, 1.807) is 34.9 Å². The molecule has 0 saturated carbocycles. The van der Waals surface area contributed by atoms with E-state index in [1.807, 2.05) is 13.2 Å². The lowest BCUT2D eigenvalue weighted by atomic mass is 10.0. The Bertz CT molecular complexity index is 539. The third-order valence-corrected chi connectivity index (χ3v) is 6.22. The zero-order valence-electron chi connectivity index (χ0n) is 11.2. The summed E-state index contributed by atoms with van der Waals surface area (Å²) in [6, 6.07) is 8.45. The van der Waals surface area contributed by atoms with Crippen molar-refractivity contribution in [3.8, 4) is 0 Å². The van der Waals surface area contributed by atoms with Crippen LogP contribution in [0.25, 0.3) is 0 Å². The van der Waals surface area contributed by atoms with E-state index < -0.39 is 0 Å². The van der Waals surface area contributed by atoms with Crippen LogP contribution in [-0.2, 0) is 0 Å². The Balaban J connectivity index is 2.24. The molecule has 3 nitrogen and oxygen atoms in total. The van der Waals surface area contributed by atoms with Crippen LogP contribution in [0, 0.1) is 6.92 Å². The maximum atomic E-state index is 6.16. The fourth-order valence-electron chi connectivity index (χ4n) is 1.80. The number of thioether (sulfide) groups is 2. The molecule has 2 aromatic rings. The normalized spacial score (nSPS) is 14.3. The molecule has 0 aliphatic rings. The first-order valence-corrected chi connectivity index (χ1v) is 8.89. The highest BCUT2D eigenvalue weighted by Gasteiger charge is 2.21. The van der Waals surface area contributed by atoms with Crippen molar-refractivity contribution in [3.05, 3.63) is 35.4 Å². The van der Waals surface area contributed by atoms with E-state index >= 15 is 0 Å². The molecule has 2 N–H and O–H groups in total. The van der Waals surface area contributed by atoms with Gasteiger partial charge >= 0.3 is 0 Å². The lowest BCUT2D eigenvalue weighted by Crippen LogP contribution is -2.23. The predicted octanol–water partition coefficient (Wildman–Crippen LogP) is 3.75. The number of aryl methyl sites for hydroxylation is 1. The summed E-state index contributed by atoms with van der Waals surface area (Å²) in [5.41, 5.74) is 8.71. The van der Waals surface area contributed by atoms with Crippen LogP contribution in [0.1, 0.15) is 23.3 Å². The Morgan fingerprint density at radius 1 is 1.21 bits per heavy atom. The summed E-state index contributed by atoms with van der Waals surface area (Å²) in [6.45, 7) is 4.17. The number of aromatic nitrogens is 2. The number of hydrogen-bond acceptors (Lipinski definition) is 6. The van der Waals surface area contributed by atoms with E-state index in [9.17, 15) is 0 Å². The average Bonchev–Trinajstić information content (AvgIpc) is 2.84. The zero-order chi connectivity index (χ0) is 13.8. The molecule has 1 aromatic carbocycles. The molecule has 19 heavy (non-hydrogen) atoms. The third kappa shape index (κ3) is 3.72. The molecule has 0 radical (unpaired) electrons. The van der Waals surface area contributed by atoms with Gasteiger partial charge in [0.25, 0.3) is 0 Å². The van der Waals surface area contributed by atoms with Gasteiger partial charge in [0.15, 0.2) is 8.68 Å². The first-order chi connectivity index (χ1) is 9.11. The van der Waals surface area contributed by atoms with Crippen molar-refractivity contribution in [2.45, 2.75) is 33.8 Å². The Labute approximate surface area is 126 Å². The molecule has 1 aromatic heterocycles. The van der Waals surface area contributed by atoms with Crippen molar-refractivity contribution in [3.63, 3.8) is 0 Å². The summed E-state index contributed by atoms with van der Waals surface area (Å²) in [5.74, 6) is 0. The first-order valence-electron chi connectivity index (χ1n) is 5.97. The van der Waals surface area contributed by atoms with Gasteiger partial charge in [0.1, 0.15) is 0 Å². The molecule has 0 spiro atoms. The highest BCUT2D eigenvalue weighted by molar-refractivity contribution is 8.03. The second kappa shape index (κ2) is 6.74. The summed E-state index contributed by atoms with van der Waals surface area (Å²) in [4.78, 5) is 0. The quantitative estimate of drug-likeness (QED) is 0.852. The molecule has 0 fully saturated rings. The summed E-state index contributed by atoms with van der Waals surface area (Å²) >= 11 is 4.96. The van der Waals surface area contributed by atoms with Crippen LogP contribution >= 0.6 is 34.9 Å². The highest BCUT2D eigenvalue weighted by Crippen LogP contribution is 2.40. The van der Waals surface area contributed by atoms with Crippen molar-refractivity contribution >= 4 is 34.9 Å². The van der Waals surface area contributed by atoms with E-state index in [2.05, 4.69) is 41.4 Å². The van der Waals surface area contributed by atoms with Gasteiger partial charge in [-0.3, -0.25) is 0 Å². The minimum atomic E-state index is 0.0627. The Kier molecular flexibility index (Phi) is 5.27. The smallest absolute Gasteiger partial charge is 0.175 e. The number of nitrogens with zero attached hydrogens (tertiary/aromatic N) is 2. The molecule has 2 atom stereocenters. The maximum absolute atomic E-state index is 6.16. The monoisotopic (exact) mass is 311 g/mol. The lowest BCUT2D eigenvalue weighted by molar-refractivity contribution is 0.717. The van der Waals surface area contributed by atoms with Crippen molar-refractivity contribution < 1.29 is 0 Å². The van der Waals surface area contributed by atoms with Gasteiger partial charge in [0.2, 0.25) is 0 Å². The largest absolute Gasteiger partial charge is 0.327 e. The molecular weight excluding hydrogens is 294 g/mol. The Morgan fingerprint density at radius 3 is 2.47 bits per heavy atom. The molecule has 2 rings (SSSR count). The highest BCUT2D eigenvalue weighted by atomic mass is 32.2. The average molecular weight is 312 g/mol. The van der Waals surface area contributed by atoms with Crippen molar-refractivity contribution in [2.75, 3.05) is 6.26 Å². The number of rotatable bonds is 5. The van der Waals surface area contributed by atoms with Crippen molar-refractivity contribution in [1.29, 1.82) is 0 Å². The zero-order valence-corrected chi connectivity index (χ0v) is 13.6. The molecule has 2 unspecified atom stereocenters. The van der Waals surface area contributed by atoms with E-state index in [-0.39, 0.29) is 11.3 Å². The van der Waals surface area contributed by atoms with Crippen LogP contribution in [0.2, 0.25) is 0 Å². The minimum absolute atomic E-state index is 0.0627. The number of nitrogens with two attached hydrogens (primary N) is 1. The molecule has 102 valence electrons. The summed E-state index contributed by atoms with van der Waals surface area (Å²) in [6.07, 6.45) is 2.01. The Morgan fingerprint density at radius 2 is 1.89 bits per heavy atom. The van der Waals surface area contributed by atoms with Crippen molar-refractivity contribution in [1.82, 2.24) is 10.2 Å². The van der Waals surface area contributed by atoms with Crippen LogP contribution in [0.3, 0.4) is 0 Å². The minimum Gasteiger partial charge on any atom is -0.327 e. The van der Waals surface area contributed by atoms with Gasteiger partial charge in [-0.2, -0.15) is 0 Å². The Hall–Kier alpha value is -0.560. The van der Waals surface area contributed by atoms with Gasteiger partial charge in [0.05, 0.1) is 5.25 Å². The second-order valence-corrected chi connectivity index (χ2v) is 7.71. The molecule has 0 saturated heterocycles. The van der Waals surface area contributed by atoms with Gasteiger partial charge in [0, 0.05) is 6.04 Å². The first kappa shape index (κ1) is 14.8. The number of benzene rings is 1. The van der Waals surface area contributed by atoms with Crippen molar-refractivity contribution in [2.24, 2.45) is 5.73 Å². The molecule has 1 heterocycles. The van der Waals surface area contributed by atoms with Crippen LogP contribution in [0.5, 0.6) is 0 Å². The van der Waals surface area contributed by atoms with Gasteiger partial charge in [-0.1, -0.05) is 59.1 Å². The van der Waals surface area contributed by atoms with E-state index in [0.717, 1.165) is 8.68 Å². The molecule has 0 bridgehead atoms. The fraction of sp³-hybridized carbons (Fsp3) is 0.385. The SMILES string of the molecule is CSc1nnc(SC(c2ccccc2C)C(C)N)s1. The van der Waals surface area contributed by atoms with Crippen LogP contribution in [-0.4, -0.2) is 22.5 Å². The lowest BCUT2D eigenvalue weighted by Gasteiger charge is -2.21. The van der Waals surface area contributed by atoms with Crippen LogP contribution in [0.4, 0.5) is 0 Å². The maximum Gasteiger partial charge on any atom is 0.175 e.